The topological polar surface area (TPSA) is 34.5 Å². The van der Waals surface area contributed by atoms with E-state index in [1.165, 1.54) is 78.7 Å². The van der Waals surface area contributed by atoms with Crippen LogP contribution in [0.2, 0.25) is 0 Å². The highest BCUT2D eigenvalue weighted by molar-refractivity contribution is 6.90. The van der Waals surface area contributed by atoms with E-state index in [9.17, 15) is 0 Å². The summed E-state index contributed by atoms with van der Waals surface area (Å²) < 4.78 is 16.8. The molecule has 56 heavy (non-hydrogen) atoms. The maximum atomic E-state index is 7.08. The molecule has 0 unspecified atom stereocenters. The standard InChI is InChI=1S/C51H41BN2O2/c1-28-25-36-37(51(4,5)24-23-50(36,2)3)27-40(28)53-41-26-35-31-15-8-11-20-43(31)55-48(35)44-34-17-12-16-32-29-13-6-9-18-39(29)54(46(32)34)52(45(41)44)38-22-21-33-30-14-7-10-19-42(30)56-49(33)47(38)53/h7-12,14-22,25-27H,6,13,23-24H2,1-5H3. The van der Waals surface area contributed by atoms with Crippen molar-refractivity contribution in [3.05, 3.63) is 131 Å². The third-order valence-corrected chi connectivity index (χ3v) is 14.2. The number of nitrogens with zero attached hydrogens (tertiary/aromatic N) is 2. The molecule has 13 rings (SSSR count). The summed E-state index contributed by atoms with van der Waals surface area (Å²) in [5, 5.41) is 5.95. The molecule has 0 saturated carbocycles. The molecule has 0 spiro atoms. The van der Waals surface area contributed by atoms with Gasteiger partial charge in [0.2, 0.25) is 0 Å². The highest BCUT2D eigenvalue weighted by Crippen LogP contribution is 2.54. The van der Waals surface area contributed by atoms with Crippen molar-refractivity contribution in [1.29, 1.82) is 0 Å². The van der Waals surface area contributed by atoms with E-state index in [2.05, 4.69) is 153 Å². The zero-order valence-corrected chi connectivity index (χ0v) is 32.5. The van der Waals surface area contributed by atoms with Crippen LogP contribution in [0, 0.1) is 6.92 Å². The van der Waals surface area contributed by atoms with Crippen molar-refractivity contribution in [3.8, 4) is 11.1 Å². The van der Waals surface area contributed by atoms with Gasteiger partial charge in [0, 0.05) is 60.6 Å². The van der Waals surface area contributed by atoms with E-state index < -0.39 is 0 Å². The smallest absolute Gasteiger partial charge is 0.333 e. The number of anilines is 3. The Morgan fingerprint density at radius 2 is 1.36 bits per heavy atom. The highest BCUT2D eigenvalue weighted by atomic mass is 16.3. The molecule has 4 aliphatic rings. The fourth-order valence-corrected chi connectivity index (χ4v) is 11.4. The van der Waals surface area contributed by atoms with Crippen LogP contribution in [0.3, 0.4) is 0 Å². The molecule has 270 valence electrons. The molecule has 0 amide bonds. The van der Waals surface area contributed by atoms with Crippen molar-refractivity contribution in [2.75, 3.05) is 4.90 Å². The molecule has 0 radical (unpaired) electrons. The number of fused-ring (bicyclic) bond motifs is 16. The summed E-state index contributed by atoms with van der Waals surface area (Å²) in [6.45, 7) is 12.0. The molecule has 6 aromatic carbocycles. The Labute approximate surface area is 326 Å². The van der Waals surface area contributed by atoms with Gasteiger partial charge < -0.3 is 18.2 Å². The molecule has 2 aliphatic carbocycles. The van der Waals surface area contributed by atoms with Crippen molar-refractivity contribution in [2.24, 2.45) is 0 Å². The lowest BCUT2D eigenvalue weighted by Crippen LogP contribution is -2.57. The molecule has 0 bridgehead atoms. The van der Waals surface area contributed by atoms with Crippen LogP contribution in [0.5, 0.6) is 0 Å². The van der Waals surface area contributed by atoms with Crippen molar-refractivity contribution < 1.29 is 8.83 Å². The Morgan fingerprint density at radius 1 is 0.661 bits per heavy atom. The van der Waals surface area contributed by atoms with Crippen LogP contribution in [0.4, 0.5) is 17.1 Å². The lowest BCUT2D eigenvalue weighted by atomic mass is 9.44. The van der Waals surface area contributed by atoms with Gasteiger partial charge in [-0.1, -0.05) is 107 Å². The van der Waals surface area contributed by atoms with Crippen molar-refractivity contribution in [3.63, 3.8) is 0 Å². The van der Waals surface area contributed by atoms with Gasteiger partial charge in [0.05, 0.1) is 5.69 Å². The van der Waals surface area contributed by atoms with Gasteiger partial charge in [0.15, 0.2) is 5.58 Å². The number of rotatable bonds is 1. The second-order valence-electron chi connectivity index (χ2n) is 18.2. The van der Waals surface area contributed by atoms with Gasteiger partial charge in [-0.05, 0) is 107 Å². The minimum atomic E-state index is -0.0846. The number of furan rings is 2. The van der Waals surface area contributed by atoms with Gasteiger partial charge in [0.1, 0.15) is 16.7 Å². The quantitative estimate of drug-likeness (QED) is 0.158. The van der Waals surface area contributed by atoms with E-state index in [1.807, 2.05) is 0 Å². The van der Waals surface area contributed by atoms with Crippen molar-refractivity contribution in [2.45, 2.75) is 71.1 Å². The van der Waals surface area contributed by atoms with Crippen LogP contribution < -0.4 is 15.8 Å². The molecule has 4 nitrogen and oxygen atoms in total. The summed E-state index contributed by atoms with van der Waals surface area (Å²) in [7, 11) is 0. The summed E-state index contributed by atoms with van der Waals surface area (Å²) >= 11 is 0. The SMILES string of the molecule is Cc1cc2c(cc1N1c3cc4c(oc5ccccc54)c4c3B(c3ccc5c(oc6ccccc65)c31)n1c3c(c5cccc-4c51)CCC=C3)C(C)(C)CCC2(C)C. The Hall–Kier alpha value is -5.94. The number of benzene rings is 6. The molecular weight excluding hydrogens is 683 g/mol. The van der Waals surface area contributed by atoms with Gasteiger partial charge in [-0.25, -0.2) is 0 Å². The normalized spacial score (nSPS) is 17.2. The third kappa shape index (κ3) is 3.72. The number of hydrogen-bond donors (Lipinski definition) is 0. The van der Waals surface area contributed by atoms with Crippen molar-refractivity contribution in [1.82, 2.24) is 4.48 Å². The first kappa shape index (κ1) is 31.3. The first-order valence-corrected chi connectivity index (χ1v) is 20.4. The van der Waals surface area contributed by atoms with Crippen LogP contribution in [-0.2, 0) is 17.3 Å². The van der Waals surface area contributed by atoms with E-state index in [0.717, 1.165) is 68.8 Å². The fourth-order valence-electron chi connectivity index (χ4n) is 11.4. The summed E-state index contributed by atoms with van der Waals surface area (Å²) in [4.78, 5) is 2.60. The zero-order chi connectivity index (χ0) is 37.4. The maximum absolute atomic E-state index is 7.08. The maximum Gasteiger partial charge on any atom is 0.333 e. The molecule has 5 heteroatoms. The molecule has 5 heterocycles. The second kappa shape index (κ2) is 10.3. The van der Waals surface area contributed by atoms with Crippen LogP contribution in [-0.4, -0.2) is 11.3 Å². The van der Waals surface area contributed by atoms with Gasteiger partial charge in [0.25, 0.3) is 0 Å². The lowest BCUT2D eigenvalue weighted by Gasteiger charge is -2.44. The number of para-hydroxylation sites is 3. The lowest BCUT2D eigenvalue weighted by molar-refractivity contribution is 0.332. The predicted octanol–water partition coefficient (Wildman–Crippen LogP) is 12.5. The first-order valence-electron chi connectivity index (χ1n) is 20.4. The van der Waals surface area contributed by atoms with Crippen LogP contribution >= 0.6 is 0 Å². The van der Waals surface area contributed by atoms with Crippen LogP contribution in [0.15, 0.2) is 112 Å². The minimum Gasteiger partial charge on any atom is -0.455 e. The fraction of sp³-hybridized carbons (Fsp3) is 0.216. The Morgan fingerprint density at radius 3 is 2.14 bits per heavy atom. The molecule has 0 N–H and O–H groups in total. The largest absolute Gasteiger partial charge is 0.455 e. The minimum absolute atomic E-state index is 0.0467. The molecular formula is C51H41BN2O2. The Balaban J connectivity index is 1.26. The molecule has 0 atom stereocenters. The molecule has 3 aromatic heterocycles. The van der Waals surface area contributed by atoms with Crippen molar-refractivity contribution >= 4 is 95.7 Å². The number of aromatic nitrogens is 1. The average molecular weight is 725 g/mol. The summed E-state index contributed by atoms with van der Waals surface area (Å²) in [6, 6.07) is 36.3. The zero-order valence-electron chi connectivity index (χ0n) is 32.5. The number of aryl methyl sites for hydroxylation is 2. The molecule has 2 aliphatic heterocycles. The summed E-state index contributed by atoms with van der Waals surface area (Å²) in [6.07, 6.45) is 9.18. The van der Waals surface area contributed by atoms with E-state index in [4.69, 9.17) is 8.83 Å². The van der Waals surface area contributed by atoms with E-state index in [-0.39, 0.29) is 17.7 Å². The second-order valence-corrected chi connectivity index (χ2v) is 18.2. The summed E-state index contributed by atoms with van der Waals surface area (Å²) in [5.74, 6) is 0. The number of allylic oxidation sites excluding steroid dienone is 1. The predicted molar refractivity (Wildman–Crippen MR) is 234 cm³/mol. The monoisotopic (exact) mass is 724 g/mol. The Kier molecular flexibility index (Phi) is 5.74. The van der Waals surface area contributed by atoms with E-state index in [0.29, 0.717) is 0 Å². The van der Waals surface area contributed by atoms with E-state index in [1.54, 1.807) is 0 Å². The van der Waals surface area contributed by atoms with Gasteiger partial charge in [-0.2, -0.15) is 0 Å². The molecule has 0 fully saturated rings. The van der Waals surface area contributed by atoms with Gasteiger partial charge >= 0.3 is 6.85 Å². The van der Waals surface area contributed by atoms with Crippen LogP contribution in [0.1, 0.15) is 74.9 Å². The third-order valence-electron chi connectivity index (χ3n) is 14.2. The van der Waals surface area contributed by atoms with E-state index >= 15 is 0 Å². The van der Waals surface area contributed by atoms with Crippen LogP contribution in [0.25, 0.3) is 72.0 Å². The first-order chi connectivity index (χ1) is 27.2. The molecule has 0 saturated heterocycles. The van der Waals surface area contributed by atoms with Gasteiger partial charge in [-0.15, -0.1) is 0 Å². The average Bonchev–Trinajstić information content (AvgIpc) is 3.88. The summed E-state index contributed by atoms with van der Waals surface area (Å²) in [5.41, 5.74) is 20.8. The highest BCUT2D eigenvalue weighted by Gasteiger charge is 2.47. The molecule has 9 aromatic rings. The van der Waals surface area contributed by atoms with Gasteiger partial charge in [-0.3, -0.25) is 0 Å². The Bertz CT molecular complexity index is 3290. The number of hydrogen-bond acceptors (Lipinski definition) is 3.